The van der Waals surface area contributed by atoms with Crippen LogP contribution in [0.1, 0.15) is 32.1 Å². The lowest BCUT2D eigenvalue weighted by Crippen LogP contribution is -2.52. The van der Waals surface area contributed by atoms with E-state index in [0.717, 1.165) is 67.9 Å². The summed E-state index contributed by atoms with van der Waals surface area (Å²) in [5.74, 6) is 1.79. The first-order chi connectivity index (χ1) is 17.0. The van der Waals surface area contributed by atoms with Crippen molar-refractivity contribution in [3.05, 3.63) is 48.5 Å². The van der Waals surface area contributed by atoms with Crippen LogP contribution < -0.4 is 10.2 Å². The third-order valence-electron chi connectivity index (χ3n) is 6.84. The summed E-state index contributed by atoms with van der Waals surface area (Å²) in [6.07, 6.45) is 4.86. The molecule has 1 aromatic carbocycles. The van der Waals surface area contributed by atoms with E-state index in [1.54, 1.807) is 6.20 Å². The van der Waals surface area contributed by atoms with Gasteiger partial charge in [0.05, 0.1) is 24.1 Å². The third-order valence-corrected chi connectivity index (χ3v) is 6.84. The largest absolute Gasteiger partial charge is 0.368 e. The Morgan fingerprint density at radius 3 is 2.40 bits per heavy atom. The van der Waals surface area contributed by atoms with Gasteiger partial charge >= 0.3 is 0 Å². The van der Waals surface area contributed by atoms with Crippen molar-refractivity contribution in [3.63, 3.8) is 0 Å². The highest BCUT2D eigenvalue weighted by Crippen LogP contribution is 2.25. The SMILES string of the molecule is Cc1ncc(-c2ccnc(Nc3ccc(N4CCN(C(=O)CN5CCC5)CC4)cc3)n2)n1C(C)C. The number of carbonyl (C=O) groups excluding carboxylic acids is 1. The van der Waals surface area contributed by atoms with E-state index in [-0.39, 0.29) is 5.91 Å². The van der Waals surface area contributed by atoms with Crippen LogP contribution in [-0.2, 0) is 4.79 Å². The smallest absolute Gasteiger partial charge is 0.236 e. The number of hydrogen-bond acceptors (Lipinski definition) is 7. The second-order valence-corrected chi connectivity index (χ2v) is 9.59. The summed E-state index contributed by atoms with van der Waals surface area (Å²) in [4.78, 5) is 32.6. The molecule has 2 aromatic heterocycles. The van der Waals surface area contributed by atoms with Crippen molar-refractivity contribution in [2.45, 2.75) is 33.2 Å². The molecule has 3 aromatic rings. The predicted molar refractivity (Wildman–Crippen MR) is 138 cm³/mol. The summed E-state index contributed by atoms with van der Waals surface area (Å²) in [7, 11) is 0. The van der Waals surface area contributed by atoms with E-state index in [4.69, 9.17) is 4.98 Å². The van der Waals surface area contributed by atoms with Crippen LogP contribution in [0.4, 0.5) is 17.3 Å². The highest BCUT2D eigenvalue weighted by Gasteiger charge is 2.24. The lowest BCUT2D eigenvalue weighted by atomic mass is 10.2. The van der Waals surface area contributed by atoms with Gasteiger partial charge in [-0.05, 0) is 70.6 Å². The Balaban J connectivity index is 1.20. The Kier molecular flexibility index (Phi) is 6.68. The number of rotatable bonds is 7. The fourth-order valence-corrected chi connectivity index (χ4v) is 4.79. The normalized spacial score (nSPS) is 16.5. The van der Waals surface area contributed by atoms with Crippen LogP contribution in [-0.4, -0.2) is 81.0 Å². The molecule has 2 aliphatic heterocycles. The Labute approximate surface area is 206 Å². The number of hydrogen-bond donors (Lipinski definition) is 1. The van der Waals surface area contributed by atoms with Crippen molar-refractivity contribution in [2.24, 2.45) is 0 Å². The second kappa shape index (κ2) is 10.0. The summed E-state index contributed by atoms with van der Waals surface area (Å²) < 4.78 is 2.18. The highest BCUT2D eigenvalue weighted by molar-refractivity contribution is 5.78. The zero-order chi connectivity index (χ0) is 24.4. The summed E-state index contributed by atoms with van der Waals surface area (Å²) in [6.45, 7) is 12.3. The Hall–Kier alpha value is -3.46. The standard InChI is InChI=1S/C26H34N8O/c1-19(2)34-20(3)28-17-24(34)23-9-10-27-26(30-23)29-21-5-7-22(8-6-21)32-13-15-33(16-14-32)25(35)18-31-11-4-12-31/h5-10,17,19H,4,11-16,18H2,1-3H3,(H,27,29,30). The van der Waals surface area contributed by atoms with Gasteiger partial charge in [-0.15, -0.1) is 0 Å². The minimum atomic E-state index is 0.262. The van der Waals surface area contributed by atoms with Gasteiger partial charge in [0, 0.05) is 49.8 Å². The number of nitrogens with one attached hydrogen (secondary N) is 1. The van der Waals surface area contributed by atoms with Crippen molar-refractivity contribution in [1.29, 1.82) is 0 Å². The van der Waals surface area contributed by atoms with Crippen LogP contribution >= 0.6 is 0 Å². The number of anilines is 3. The fourth-order valence-electron chi connectivity index (χ4n) is 4.79. The number of amides is 1. The van der Waals surface area contributed by atoms with E-state index in [1.807, 2.05) is 24.1 Å². The molecule has 1 amide bonds. The van der Waals surface area contributed by atoms with Gasteiger partial charge in [0.1, 0.15) is 5.82 Å². The summed E-state index contributed by atoms with van der Waals surface area (Å²) in [6, 6.07) is 10.5. The topological polar surface area (TPSA) is 82.4 Å². The summed E-state index contributed by atoms with van der Waals surface area (Å²) in [5, 5.41) is 3.32. The number of aryl methyl sites for hydroxylation is 1. The molecule has 0 aliphatic carbocycles. The number of nitrogens with zero attached hydrogens (tertiary/aromatic N) is 7. The van der Waals surface area contributed by atoms with Crippen LogP contribution in [0.3, 0.4) is 0 Å². The van der Waals surface area contributed by atoms with Gasteiger partial charge < -0.3 is 19.7 Å². The highest BCUT2D eigenvalue weighted by atomic mass is 16.2. The Morgan fingerprint density at radius 2 is 1.74 bits per heavy atom. The van der Waals surface area contributed by atoms with E-state index in [9.17, 15) is 4.79 Å². The number of benzene rings is 1. The molecule has 0 atom stereocenters. The zero-order valence-corrected chi connectivity index (χ0v) is 20.8. The van der Waals surface area contributed by atoms with Crippen LogP contribution in [0.2, 0.25) is 0 Å². The first-order valence-electron chi connectivity index (χ1n) is 12.5. The molecule has 35 heavy (non-hydrogen) atoms. The van der Waals surface area contributed by atoms with Gasteiger partial charge in [0.25, 0.3) is 0 Å². The quantitative estimate of drug-likeness (QED) is 0.562. The van der Waals surface area contributed by atoms with E-state index in [0.29, 0.717) is 18.5 Å². The van der Waals surface area contributed by atoms with E-state index < -0.39 is 0 Å². The first-order valence-corrected chi connectivity index (χ1v) is 12.5. The van der Waals surface area contributed by atoms with Crippen molar-refractivity contribution in [3.8, 4) is 11.4 Å². The van der Waals surface area contributed by atoms with Crippen LogP contribution in [0.25, 0.3) is 11.4 Å². The molecule has 2 saturated heterocycles. The molecular weight excluding hydrogens is 440 g/mol. The van der Waals surface area contributed by atoms with Crippen LogP contribution in [0.5, 0.6) is 0 Å². The monoisotopic (exact) mass is 474 g/mol. The van der Waals surface area contributed by atoms with Gasteiger partial charge in [-0.3, -0.25) is 9.69 Å². The molecule has 0 radical (unpaired) electrons. The molecule has 0 saturated carbocycles. The summed E-state index contributed by atoms with van der Waals surface area (Å²) in [5.41, 5.74) is 3.93. The average Bonchev–Trinajstić information content (AvgIpc) is 3.24. The maximum Gasteiger partial charge on any atom is 0.236 e. The molecule has 0 spiro atoms. The van der Waals surface area contributed by atoms with Crippen molar-refractivity contribution in [2.75, 3.05) is 56.0 Å². The molecule has 184 valence electrons. The van der Waals surface area contributed by atoms with Crippen LogP contribution in [0, 0.1) is 6.92 Å². The molecule has 2 aliphatic rings. The lowest BCUT2D eigenvalue weighted by Gasteiger charge is -2.38. The minimum absolute atomic E-state index is 0.262. The predicted octanol–water partition coefficient (Wildman–Crippen LogP) is 3.33. The zero-order valence-electron chi connectivity index (χ0n) is 20.8. The molecule has 2 fully saturated rings. The number of piperazine rings is 1. The lowest BCUT2D eigenvalue weighted by molar-refractivity contribution is -0.133. The maximum absolute atomic E-state index is 12.5. The third kappa shape index (κ3) is 5.14. The number of imidazole rings is 1. The second-order valence-electron chi connectivity index (χ2n) is 9.59. The molecule has 0 bridgehead atoms. The maximum atomic E-state index is 12.5. The molecule has 1 N–H and O–H groups in total. The van der Waals surface area contributed by atoms with E-state index >= 15 is 0 Å². The molecule has 9 heteroatoms. The van der Waals surface area contributed by atoms with Gasteiger partial charge in [-0.2, -0.15) is 0 Å². The molecular formula is C26H34N8O. The molecule has 9 nitrogen and oxygen atoms in total. The van der Waals surface area contributed by atoms with E-state index in [1.165, 1.54) is 6.42 Å². The molecule has 4 heterocycles. The van der Waals surface area contributed by atoms with Gasteiger partial charge in [-0.1, -0.05) is 0 Å². The summed E-state index contributed by atoms with van der Waals surface area (Å²) >= 11 is 0. The van der Waals surface area contributed by atoms with Crippen molar-refractivity contribution < 1.29 is 4.79 Å². The van der Waals surface area contributed by atoms with Crippen molar-refractivity contribution >= 4 is 23.2 Å². The van der Waals surface area contributed by atoms with Gasteiger partial charge in [-0.25, -0.2) is 15.0 Å². The number of carbonyl (C=O) groups is 1. The van der Waals surface area contributed by atoms with Gasteiger partial charge in [0.15, 0.2) is 0 Å². The number of likely N-dealkylation sites (tertiary alicyclic amines) is 1. The van der Waals surface area contributed by atoms with Crippen molar-refractivity contribution in [1.82, 2.24) is 29.3 Å². The molecule has 0 unspecified atom stereocenters. The van der Waals surface area contributed by atoms with E-state index in [2.05, 4.69) is 67.8 Å². The average molecular weight is 475 g/mol. The van der Waals surface area contributed by atoms with Crippen LogP contribution in [0.15, 0.2) is 42.7 Å². The fraction of sp³-hybridized carbons (Fsp3) is 0.462. The molecule has 5 rings (SSSR count). The Morgan fingerprint density at radius 1 is 1.00 bits per heavy atom. The Bertz CT molecular complexity index is 1160. The van der Waals surface area contributed by atoms with Gasteiger partial charge in [0.2, 0.25) is 11.9 Å². The first kappa shape index (κ1) is 23.3. The minimum Gasteiger partial charge on any atom is -0.368 e. The number of aromatic nitrogens is 4.